The van der Waals surface area contributed by atoms with Crippen molar-refractivity contribution in [3.05, 3.63) is 11.7 Å². The summed E-state index contributed by atoms with van der Waals surface area (Å²) in [6.07, 6.45) is 2.47. The Morgan fingerprint density at radius 1 is 1.44 bits per heavy atom. The first-order valence-electron chi connectivity index (χ1n) is 6.55. The summed E-state index contributed by atoms with van der Waals surface area (Å²) >= 11 is 0. The van der Waals surface area contributed by atoms with Crippen LogP contribution in [0.1, 0.15) is 37.4 Å². The fourth-order valence-electron chi connectivity index (χ4n) is 2.11. The van der Waals surface area contributed by atoms with E-state index in [-0.39, 0.29) is 6.10 Å². The largest absolute Gasteiger partial charge is 0.381 e. The minimum atomic E-state index is -0.0435. The predicted molar refractivity (Wildman–Crippen MR) is 65.3 cm³/mol. The number of hydrogen-bond donors (Lipinski definition) is 1. The molecule has 1 atom stereocenters. The van der Waals surface area contributed by atoms with Gasteiger partial charge in [-0.2, -0.15) is 4.98 Å². The highest BCUT2D eigenvalue weighted by Gasteiger charge is 2.22. The SMILES string of the molecule is CCOC(CN)Cc1nc(C2CCOCC2)no1. The molecular weight excluding hydrogens is 234 g/mol. The van der Waals surface area contributed by atoms with Gasteiger partial charge in [-0.05, 0) is 19.8 Å². The second-order valence-corrected chi connectivity index (χ2v) is 4.45. The average Bonchev–Trinajstić information content (AvgIpc) is 2.88. The molecule has 0 saturated carbocycles. The van der Waals surface area contributed by atoms with Crippen LogP contribution in [0.4, 0.5) is 0 Å². The topological polar surface area (TPSA) is 83.4 Å². The zero-order valence-electron chi connectivity index (χ0n) is 10.8. The van der Waals surface area contributed by atoms with Crippen molar-refractivity contribution in [2.24, 2.45) is 5.73 Å². The maximum absolute atomic E-state index is 5.62. The molecule has 2 heterocycles. The number of nitrogens with two attached hydrogens (primary N) is 1. The molecule has 2 N–H and O–H groups in total. The Kier molecular flexibility index (Phi) is 5.10. The molecule has 102 valence electrons. The summed E-state index contributed by atoms with van der Waals surface area (Å²) in [6, 6.07) is 0. The number of nitrogens with zero attached hydrogens (tertiary/aromatic N) is 2. The molecule has 0 bridgehead atoms. The van der Waals surface area contributed by atoms with Crippen molar-refractivity contribution >= 4 is 0 Å². The summed E-state index contributed by atoms with van der Waals surface area (Å²) < 4.78 is 16.1. The molecular formula is C12H21N3O3. The number of ether oxygens (including phenoxy) is 2. The summed E-state index contributed by atoms with van der Waals surface area (Å²) in [5, 5.41) is 4.05. The van der Waals surface area contributed by atoms with Crippen LogP contribution < -0.4 is 5.73 Å². The number of hydrogen-bond acceptors (Lipinski definition) is 6. The second kappa shape index (κ2) is 6.82. The summed E-state index contributed by atoms with van der Waals surface area (Å²) in [6.45, 7) is 4.60. The van der Waals surface area contributed by atoms with E-state index in [0.717, 1.165) is 31.9 Å². The quantitative estimate of drug-likeness (QED) is 0.812. The molecule has 1 saturated heterocycles. The van der Waals surface area contributed by atoms with Crippen molar-refractivity contribution in [1.29, 1.82) is 0 Å². The van der Waals surface area contributed by atoms with E-state index in [1.165, 1.54) is 0 Å². The fourth-order valence-corrected chi connectivity index (χ4v) is 2.11. The lowest BCUT2D eigenvalue weighted by Gasteiger charge is -2.18. The highest BCUT2D eigenvalue weighted by molar-refractivity contribution is 4.97. The maximum atomic E-state index is 5.62. The van der Waals surface area contributed by atoms with Gasteiger partial charge in [-0.1, -0.05) is 5.16 Å². The molecule has 1 unspecified atom stereocenters. The Balaban J connectivity index is 1.92. The molecule has 1 aromatic heterocycles. The molecule has 1 fully saturated rings. The van der Waals surface area contributed by atoms with Gasteiger partial charge in [0.05, 0.1) is 12.5 Å². The van der Waals surface area contributed by atoms with Crippen LogP contribution in [0.25, 0.3) is 0 Å². The van der Waals surface area contributed by atoms with Gasteiger partial charge in [-0.25, -0.2) is 0 Å². The molecule has 6 heteroatoms. The van der Waals surface area contributed by atoms with Crippen molar-refractivity contribution in [3.63, 3.8) is 0 Å². The second-order valence-electron chi connectivity index (χ2n) is 4.45. The van der Waals surface area contributed by atoms with Crippen molar-refractivity contribution in [2.45, 2.75) is 38.2 Å². The van der Waals surface area contributed by atoms with Crippen molar-refractivity contribution < 1.29 is 14.0 Å². The average molecular weight is 255 g/mol. The van der Waals surface area contributed by atoms with E-state index in [4.69, 9.17) is 19.7 Å². The Morgan fingerprint density at radius 2 is 2.22 bits per heavy atom. The first-order valence-corrected chi connectivity index (χ1v) is 6.55. The van der Waals surface area contributed by atoms with Crippen LogP contribution in [0.2, 0.25) is 0 Å². The summed E-state index contributed by atoms with van der Waals surface area (Å²) in [4.78, 5) is 4.44. The zero-order valence-corrected chi connectivity index (χ0v) is 10.8. The number of aromatic nitrogens is 2. The van der Waals surface area contributed by atoms with Gasteiger partial charge in [0.1, 0.15) is 0 Å². The van der Waals surface area contributed by atoms with Gasteiger partial charge in [0.25, 0.3) is 0 Å². The van der Waals surface area contributed by atoms with Crippen molar-refractivity contribution in [3.8, 4) is 0 Å². The van der Waals surface area contributed by atoms with Gasteiger partial charge in [0, 0.05) is 32.3 Å². The molecule has 0 amide bonds. The smallest absolute Gasteiger partial charge is 0.229 e. The van der Waals surface area contributed by atoms with Crippen molar-refractivity contribution in [1.82, 2.24) is 10.1 Å². The summed E-state index contributed by atoms with van der Waals surface area (Å²) in [7, 11) is 0. The van der Waals surface area contributed by atoms with Crippen LogP contribution in [0, 0.1) is 0 Å². The lowest BCUT2D eigenvalue weighted by Crippen LogP contribution is -2.26. The van der Waals surface area contributed by atoms with Crippen LogP contribution in [0.5, 0.6) is 0 Å². The molecule has 6 nitrogen and oxygen atoms in total. The first kappa shape index (κ1) is 13.5. The minimum absolute atomic E-state index is 0.0435. The molecule has 2 rings (SSSR count). The Morgan fingerprint density at radius 3 is 2.89 bits per heavy atom. The predicted octanol–water partition coefficient (Wildman–Crippen LogP) is 0.870. The molecule has 0 spiro atoms. The van der Waals surface area contributed by atoms with Crippen molar-refractivity contribution in [2.75, 3.05) is 26.4 Å². The molecule has 0 aliphatic carbocycles. The van der Waals surface area contributed by atoms with E-state index in [0.29, 0.717) is 31.4 Å². The van der Waals surface area contributed by atoms with Crippen LogP contribution in [0.15, 0.2) is 4.52 Å². The Labute approximate surface area is 107 Å². The van der Waals surface area contributed by atoms with Gasteiger partial charge >= 0.3 is 0 Å². The monoisotopic (exact) mass is 255 g/mol. The van der Waals surface area contributed by atoms with E-state index in [2.05, 4.69) is 10.1 Å². The van der Waals surface area contributed by atoms with Crippen LogP contribution in [0.3, 0.4) is 0 Å². The molecule has 18 heavy (non-hydrogen) atoms. The Hall–Kier alpha value is -0.980. The van der Waals surface area contributed by atoms with Crippen LogP contribution >= 0.6 is 0 Å². The van der Waals surface area contributed by atoms with E-state index in [1.807, 2.05) is 6.92 Å². The molecule has 1 aromatic rings. The normalized spacial score (nSPS) is 19.0. The summed E-state index contributed by atoms with van der Waals surface area (Å²) in [5.74, 6) is 1.76. The molecule has 1 aliphatic rings. The Bertz CT molecular complexity index is 350. The van der Waals surface area contributed by atoms with Gasteiger partial charge < -0.3 is 19.7 Å². The third-order valence-electron chi connectivity index (χ3n) is 3.14. The summed E-state index contributed by atoms with van der Waals surface area (Å²) in [5.41, 5.74) is 5.62. The lowest BCUT2D eigenvalue weighted by molar-refractivity contribution is 0.0636. The molecule has 0 aromatic carbocycles. The van der Waals surface area contributed by atoms with Gasteiger partial charge in [-0.3, -0.25) is 0 Å². The third kappa shape index (κ3) is 3.51. The highest BCUT2D eigenvalue weighted by atomic mass is 16.5. The first-order chi connectivity index (χ1) is 8.83. The molecule has 1 aliphatic heterocycles. The number of rotatable bonds is 6. The van der Waals surface area contributed by atoms with Crippen LogP contribution in [-0.4, -0.2) is 42.6 Å². The standard InChI is InChI=1S/C12H21N3O3/c1-2-17-10(8-13)7-11-14-12(15-18-11)9-3-5-16-6-4-9/h9-10H,2-8,13H2,1H3. The third-order valence-corrected chi connectivity index (χ3v) is 3.14. The van der Waals surface area contributed by atoms with E-state index in [1.54, 1.807) is 0 Å². The van der Waals surface area contributed by atoms with E-state index >= 15 is 0 Å². The fraction of sp³-hybridized carbons (Fsp3) is 0.833. The maximum Gasteiger partial charge on any atom is 0.229 e. The van der Waals surface area contributed by atoms with Gasteiger partial charge in [0.15, 0.2) is 5.82 Å². The van der Waals surface area contributed by atoms with Gasteiger partial charge in [0.2, 0.25) is 5.89 Å². The van der Waals surface area contributed by atoms with Crippen LogP contribution in [-0.2, 0) is 15.9 Å². The minimum Gasteiger partial charge on any atom is -0.381 e. The van der Waals surface area contributed by atoms with Gasteiger partial charge in [-0.15, -0.1) is 0 Å². The van der Waals surface area contributed by atoms with E-state index < -0.39 is 0 Å². The molecule has 0 radical (unpaired) electrons. The van der Waals surface area contributed by atoms with E-state index in [9.17, 15) is 0 Å². The highest BCUT2D eigenvalue weighted by Crippen LogP contribution is 2.24. The lowest BCUT2D eigenvalue weighted by atomic mass is 10.00. The zero-order chi connectivity index (χ0) is 12.8.